The highest BCUT2D eigenvalue weighted by atomic mass is 16.2. The molecule has 3 atom stereocenters. The molecule has 4 nitrogen and oxygen atoms in total. The molecule has 21 heavy (non-hydrogen) atoms. The zero-order valence-corrected chi connectivity index (χ0v) is 12.7. The quantitative estimate of drug-likeness (QED) is 0.877. The molecule has 114 valence electrons. The number of rotatable bonds is 4. The number of hydrogen-bond acceptors (Lipinski definition) is 3. The second kappa shape index (κ2) is 6.16. The minimum atomic E-state index is 0.115. The van der Waals surface area contributed by atoms with Crippen LogP contribution < -0.4 is 11.1 Å². The summed E-state index contributed by atoms with van der Waals surface area (Å²) in [6.07, 6.45) is 2.39. The smallest absolute Gasteiger partial charge is 0.234 e. The zero-order valence-electron chi connectivity index (χ0n) is 12.7. The van der Waals surface area contributed by atoms with Crippen LogP contribution in [0.3, 0.4) is 0 Å². The van der Waals surface area contributed by atoms with Crippen LogP contribution in [-0.4, -0.2) is 36.5 Å². The van der Waals surface area contributed by atoms with Crippen LogP contribution in [0.15, 0.2) is 24.3 Å². The number of nitrogens with one attached hydrogen (secondary N) is 1. The lowest BCUT2D eigenvalue weighted by Crippen LogP contribution is -2.37. The number of amides is 1. The Morgan fingerprint density at radius 1 is 1.29 bits per heavy atom. The van der Waals surface area contributed by atoms with Crippen LogP contribution in [0.4, 0.5) is 0 Å². The first kappa shape index (κ1) is 14.5. The molecule has 1 aromatic carbocycles. The van der Waals surface area contributed by atoms with E-state index in [0.29, 0.717) is 31.0 Å². The normalized spacial score (nSPS) is 28.6. The van der Waals surface area contributed by atoms with Crippen molar-refractivity contribution in [2.24, 2.45) is 17.6 Å². The summed E-state index contributed by atoms with van der Waals surface area (Å²) in [4.78, 5) is 14.3. The number of aryl methyl sites for hydroxylation is 1. The van der Waals surface area contributed by atoms with Gasteiger partial charge in [0.25, 0.3) is 0 Å². The van der Waals surface area contributed by atoms with Crippen LogP contribution in [0, 0.1) is 18.8 Å². The van der Waals surface area contributed by atoms with Crippen LogP contribution in [0.25, 0.3) is 0 Å². The molecule has 0 aromatic heterocycles. The first-order valence-electron chi connectivity index (χ1n) is 7.92. The minimum absolute atomic E-state index is 0.115. The van der Waals surface area contributed by atoms with Gasteiger partial charge in [-0.3, -0.25) is 9.69 Å². The van der Waals surface area contributed by atoms with E-state index in [-0.39, 0.29) is 5.91 Å². The highest BCUT2D eigenvalue weighted by Gasteiger charge is 2.41. The Bertz CT molecular complexity index is 499. The molecular weight excluding hydrogens is 262 g/mol. The Morgan fingerprint density at radius 3 is 2.76 bits per heavy atom. The predicted octanol–water partition coefficient (Wildman–Crippen LogP) is 1.28. The minimum Gasteiger partial charge on any atom is -0.351 e. The fraction of sp³-hybridized carbons (Fsp3) is 0.588. The van der Waals surface area contributed by atoms with Gasteiger partial charge in [-0.25, -0.2) is 0 Å². The summed E-state index contributed by atoms with van der Waals surface area (Å²) in [6.45, 7) is 5.21. The average molecular weight is 287 g/mol. The highest BCUT2D eigenvalue weighted by molar-refractivity contribution is 5.78. The van der Waals surface area contributed by atoms with Crippen molar-refractivity contribution in [1.82, 2.24) is 10.2 Å². The maximum Gasteiger partial charge on any atom is 0.234 e. The first-order chi connectivity index (χ1) is 10.1. The van der Waals surface area contributed by atoms with Crippen molar-refractivity contribution in [3.05, 3.63) is 35.4 Å². The van der Waals surface area contributed by atoms with E-state index in [0.717, 1.165) is 25.1 Å². The van der Waals surface area contributed by atoms with Gasteiger partial charge in [0.2, 0.25) is 5.91 Å². The Labute approximate surface area is 126 Å². The zero-order chi connectivity index (χ0) is 14.8. The number of carbonyl (C=O) groups is 1. The molecule has 2 fully saturated rings. The van der Waals surface area contributed by atoms with Crippen LogP contribution >= 0.6 is 0 Å². The summed E-state index contributed by atoms with van der Waals surface area (Å²) in [6, 6.07) is 8.62. The fourth-order valence-corrected chi connectivity index (χ4v) is 3.69. The number of likely N-dealkylation sites (tertiary alicyclic amines) is 1. The summed E-state index contributed by atoms with van der Waals surface area (Å²) in [5, 5.41) is 3.01. The van der Waals surface area contributed by atoms with Crippen LogP contribution in [0.1, 0.15) is 24.0 Å². The van der Waals surface area contributed by atoms with Crippen molar-refractivity contribution in [2.75, 3.05) is 19.6 Å². The second-order valence-corrected chi connectivity index (χ2v) is 6.62. The number of nitrogens with two attached hydrogens (primary N) is 1. The van der Waals surface area contributed by atoms with Crippen LogP contribution in [0.5, 0.6) is 0 Å². The summed E-state index contributed by atoms with van der Waals surface area (Å²) in [5.41, 5.74) is 8.52. The van der Waals surface area contributed by atoms with Crippen molar-refractivity contribution in [1.29, 1.82) is 0 Å². The van der Waals surface area contributed by atoms with Gasteiger partial charge in [0.1, 0.15) is 0 Å². The molecule has 1 amide bonds. The third-order valence-corrected chi connectivity index (χ3v) is 4.97. The van der Waals surface area contributed by atoms with E-state index in [2.05, 4.69) is 41.4 Å². The molecule has 0 radical (unpaired) electrons. The molecule has 4 heteroatoms. The molecule has 0 spiro atoms. The molecule has 3 N–H and O–H groups in total. The van der Waals surface area contributed by atoms with Gasteiger partial charge < -0.3 is 11.1 Å². The first-order valence-corrected chi connectivity index (χ1v) is 7.92. The van der Waals surface area contributed by atoms with E-state index >= 15 is 0 Å². The van der Waals surface area contributed by atoms with Gasteiger partial charge in [-0.1, -0.05) is 29.8 Å². The Kier molecular flexibility index (Phi) is 4.27. The summed E-state index contributed by atoms with van der Waals surface area (Å²) in [5.74, 6) is 1.43. The molecule has 3 rings (SSSR count). The standard InChI is InChI=1S/C17H25N3O/c1-12-2-4-13(5-3-12)8-19-17(21)11-20-9-14-6-7-16(18)15(14)10-20/h2-5,14-16H,6-11,18H2,1H3,(H,19,21). The second-order valence-electron chi connectivity index (χ2n) is 6.62. The molecule has 1 aliphatic carbocycles. The molecule has 1 heterocycles. The van der Waals surface area contributed by atoms with Gasteiger partial charge in [-0.2, -0.15) is 0 Å². The van der Waals surface area contributed by atoms with E-state index in [1.165, 1.54) is 12.0 Å². The maximum atomic E-state index is 12.1. The number of hydrogen-bond donors (Lipinski definition) is 2. The Hall–Kier alpha value is -1.39. The predicted molar refractivity (Wildman–Crippen MR) is 83.7 cm³/mol. The number of carbonyl (C=O) groups excluding carboxylic acids is 1. The Morgan fingerprint density at radius 2 is 2.05 bits per heavy atom. The largest absolute Gasteiger partial charge is 0.351 e. The highest BCUT2D eigenvalue weighted by Crippen LogP contribution is 2.36. The van der Waals surface area contributed by atoms with Gasteiger partial charge in [0, 0.05) is 25.7 Å². The lowest BCUT2D eigenvalue weighted by atomic mass is 9.98. The molecule has 0 bridgehead atoms. The van der Waals surface area contributed by atoms with Crippen molar-refractivity contribution >= 4 is 5.91 Å². The number of nitrogens with zero attached hydrogens (tertiary/aromatic N) is 1. The monoisotopic (exact) mass is 287 g/mol. The SMILES string of the molecule is Cc1ccc(CNC(=O)CN2CC3CCC(N)C3C2)cc1. The lowest BCUT2D eigenvalue weighted by molar-refractivity contribution is -0.122. The van der Waals surface area contributed by atoms with E-state index in [9.17, 15) is 4.79 Å². The number of fused-ring (bicyclic) bond motifs is 1. The third-order valence-electron chi connectivity index (χ3n) is 4.97. The van der Waals surface area contributed by atoms with E-state index in [1.54, 1.807) is 0 Å². The van der Waals surface area contributed by atoms with Crippen molar-refractivity contribution in [2.45, 2.75) is 32.4 Å². The topological polar surface area (TPSA) is 58.4 Å². The lowest BCUT2D eigenvalue weighted by Gasteiger charge is -2.17. The molecule has 3 unspecified atom stereocenters. The molecule has 1 saturated carbocycles. The van der Waals surface area contributed by atoms with Gasteiger partial charge >= 0.3 is 0 Å². The molecule has 2 aliphatic rings. The molecule has 1 aliphatic heterocycles. The van der Waals surface area contributed by atoms with Crippen molar-refractivity contribution in [3.63, 3.8) is 0 Å². The summed E-state index contributed by atoms with van der Waals surface area (Å²) >= 11 is 0. The van der Waals surface area contributed by atoms with Gasteiger partial charge in [-0.05, 0) is 37.2 Å². The van der Waals surface area contributed by atoms with Gasteiger partial charge in [0.05, 0.1) is 6.54 Å². The van der Waals surface area contributed by atoms with Crippen LogP contribution in [0.2, 0.25) is 0 Å². The van der Waals surface area contributed by atoms with E-state index < -0.39 is 0 Å². The van der Waals surface area contributed by atoms with E-state index in [4.69, 9.17) is 5.73 Å². The van der Waals surface area contributed by atoms with Crippen molar-refractivity contribution < 1.29 is 4.79 Å². The van der Waals surface area contributed by atoms with Crippen LogP contribution in [-0.2, 0) is 11.3 Å². The van der Waals surface area contributed by atoms with Gasteiger partial charge in [0.15, 0.2) is 0 Å². The number of benzene rings is 1. The van der Waals surface area contributed by atoms with Gasteiger partial charge in [-0.15, -0.1) is 0 Å². The fourth-order valence-electron chi connectivity index (χ4n) is 3.69. The maximum absolute atomic E-state index is 12.1. The molecule has 1 aromatic rings. The van der Waals surface area contributed by atoms with E-state index in [1.807, 2.05) is 0 Å². The Balaban J connectivity index is 1.44. The third kappa shape index (κ3) is 3.44. The molecule has 1 saturated heterocycles. The average Bonchev–Trinajstić information content (AvgIpc) is 3.00. The summed E-state index contributed by atoms with van der Waals surface area (Å²) in [7, 11) is 0. The van der Waals surface area contributed by atoms with Crippen molar-refractivity contribution in [3.8, 4) is 0 Å². The molecular formula is C17H25N3O. The summed E-state index contributed by atoms with van der Waals surface area (Å²) < 4.78 is 0.